The Morgan fingerprint density at radius 3 is 2.77 bits per heavy atom. The number of hydrogen-bond acceptors (Lipinski definition) is 5. The van der Waals surface area contributed by atoms with Crippen molar-refractivity contribution in [3.8, 4) is 11.3 Å². The fourth-order valence-electron chi connectivity index (χ4n) is 4.59. The zero-order valence-corrected chi connectivity index (χ0v) is 18.2. The lowest BCUT2D eigenvalue weighted by Crippen LogP contribution is -2.24. The number of rotatable bonds is 4. The molecule has 1 fully saturated rings. The Morgan fingerprint density at radius 2 is 2.00 bits per heavy atom. The number of hydrogen-bond donors (Lipinski definition) is 2. The average Bonchev–Trinajstić information content (AvgIpc) is 3.26. The van der Waals surface area contributed by atoms with Crippen molar-refractivity contribution < 1.29 is 13.2 Å². The molecular weight excluding hydrogens is 463 g/mol. The molecular formula is C23H18F3N7O2. The van der Waals surface area contributed by atoms with Gasteiger partial charge in [-0.25, -0.2) is 14.3 Å². The molecule has 6 rings (SSSR count). The molecule has 4 aromatic heterocycles. The molecule has 0 aliphatic heterocycles. The first-order chi connectivity index (χ1) is 16.7. The van der Waals surface area contributed by atoms with Gasteiger partial charge in [0.05, 0.1) is 23.0 Å². The third-order valence-electron chi connectivity index (χ3n) is 6.56. The number of aromatic nitrogens is 7. The van der Waals surface area contributed by atoms with Crippen LogP contribution in [-0.2, 0) is 0 Å². The standard InChI is InChI=1S/C23H18F3N7O2/c1-11(23(24,25)26)33-19-6-12(2-3-13(19)9-29-33)14-7-15(14)16-8-18(31-32-5-4-27-20(16)32)17-10-28-22(35)30-21(17)34/h2-6,8-11,14-15H,7H2,1H3,(H2,28,30,34,35)/t11?,14-,15+/m1/s1. The molecule has 1 aliphatic rings. The molecule has 2 N–H and O–H groups in total. The quantitative estimate of drug-likeness (QED) is 0.408. The van der Waals surface area contributed by atoms with Crippen LogP contribution in [0.3, 0.4) is 0 Å². The summed E-state index contributed by atoms with van der Waals surface area (Å²) in [7, 11) is 0. The summed E-state index contributed by atoms with van der Waals surface area (Å²) in [6.07, 6.45) is 2.39. The minimum atomic E-state index is -4.41. The van der Waals surface area contributed by atoms with Gasteiger partial charge in [-0.3, -0.25) is 14.5 Å². The van der Waals surface area contributed by atoms with E-state index in [1.54, 1.807) is 35.1 Å². The highest BCUT2D eigenvalue weighted by molar-refractivity contribution is 5.80. The molecule has 5 aromatic rings. The van der Waals surface area contributed by atoms with Crippen LogP contribution >= 0.6 is 0 Å². The van der Waals surface area contributed by atoms with Gasteiger partial charge in [-0.15, -0.1) is 0 Å². The maximum Gasteiger partial charge on any atom is 0.410 e. The van der Waals surface area contributed by atoms with Gasteiger partial charge in [0.2, 0.25) is 0 Å². The fourth-order valence-corrected chi connectivity index (χ4v) is 4.59. The Kier molecular flexibility index (Phi) is 4.50. The zero-order valence-electron chi connectivity index (χ0n) is 18.2. The first-order valence-corrected chi connectivity index (χ1v) is 10.9. The highest BCUT2D eigenvalue weighted by Crippen LogP contribution is 2.56. The Bertz CT molecular complexity index is 1710. The number of imidazole rings is 1. The Labute approximate surface area is 194 Å². The second-order valence-corrected chi connectivity index (χ2v) is 8.74. The fraction of sp³-hybridized carbons (Fsp3) is 0.261. The molecule has 1 aromatic carbocycles. The van der Waals surface area contributed by atoms with Crippen LogP contribution in [0.4, 0.5) is 13.2 Å². The lowest BCUT2D eigenvalue weighted by Gasteiger charge is -2.17. The number of fused-ring (bicyclic) bond motifs is 2. The molecule has 9 nitrogen and oxygen atoms in total. The molecule has 0 amide bonds. The van der Waals surface area contributed by atoms with Crippen molar-refractivity contribution in [3.05, 3.63) is 81.0 Å². The van der Waals surface area contributed by atoms with Crippen LogP contribution in [0.5, 0.6) is 0 Å². The molecule has 3 atom stereocenters. The third-order valence-corrected chi connectivity index (χ3v) is 6.56. The van der Waals surface area contributed by atoms with Crippen LogP contribution < -0.4 is 11.2 Å². The molecule has 0 saturated heterocycles. The zero-order chi connectivity index (χ0) is 24.5. The van der Waals surface area contributed by atoms with Crippen molar-refractivity contribution in [1.29, 1.82) is 0 Å². The minimum absolute atomic E-state index is 0.0392. The van der Waals surface area contributed by atoms with Gasteiger partial charge in [0, 0.05) is 29.5 Å². The lowest BCUT2D eigenvalue weighted by atomic mass is 10.0. The van der Waals surface area contributed by atoms with E-state index >= 15 is 0 Å². The Balaban J connectivity index is 1.40. The molecule has 35 heavy (non-hydrogen) atoms. The molecule has 1 saturated carbocycles. The summed E-state index contributed by atoms with van der Waals surface area (Å²) in [5, 5.41) is 9.06. The highest BCUT2D eigenvalue weighted by Gasteiger charge is 2.42. The van der Waals surface area contributed by atoms with Crippen molar-refractivity contribution >= 4 is 16.6 Å². The van der Waals surface area contributed by atoms with Crippen LogP contribution in [0.15, 0.2) is 58.6 Å². The number of aromatic amines is 2. The summed E-state index contributed by atoms with van der Waals surface area (Å²) in [6.45, 7) is 1.09. The lowest BCUT2D eigenvalue weighted by molar-refractivity contribution is -0.164. The first kappa shape index (κ1) is 21.3. The molecule has 4 heterocycles. The molecule has 0 spiro atoms. The molecule has 1 aliphatic carbocycles. The average molecular weight is 481 g/mol. The maximum atomic E-state index is 13.3. The molecule has 0 bridgehead atoms. The largest absolute Gasteiger partial charge is 0.410 e. The maximum absolute atomic E-state index is 13.3. The van der Waals surface area contributed by atoms with Crippen molar-refractivity contribution in [3.63, 3.8) is 0 Å². The second kappa shape index (κ2) is 7.39. The van der Waals surface area contributed by atoms with Crippen LogP contribution in [0.2, 0.25) is 0 Å². The topological polar surface area (TPSA) is 114 Å². The van der Waals surface area contributed by atoms with E-state index in [0.29, 0.717) is 22.2 Å². The van der Waals surface area contributed by atoms with E-state index in [1.807, 2.05) is 6.07 Å². The number of halogens is 3. The number of nitrogens with one attached hydrogen (secondary N) is 2. The van der Waals surface area contributed by atoms with Crippen LogP contribution in [0.1, 0.15) is 42.3 Å². The van der Waals surface area contributed by atoms with Crippen molar-refractivity contribution in [2.45, 2.75) is 37.4 Å². The van der Waals surface area contributed by atoms with E-state index < -0.39 is 23.5 Å². The van der Waals surface area contributed by atoms with E-state index in [0.717, 1.165) is 29.2 Å². The van der Waals surface area contributed by atoms with Crippen LogP contribution in [0, 0.1) is 0 Å². The van der Waals surface area contributed by atoms with E-state index in [2.05, 4.69) is 25.1 Å². The first-order valence-electron chi connectivity index (χ1n) is 10.9. The smallest absolute Gasteiger partial charge is 0.313 e. The van der Waals surface area contributed by atoms with Gasteiger partial charge in [-0.1, -0.05) is 12.1 Å². The number of nitrogens with zero attached hydrogens (tertiary/aromatic N) is 5. The van der Waals surface area contributed by atoms with E-state index in [9.17, 15) is 22.8 Å². The Hall–Kier alpha value is -4.22. The van der Waals surface area contributed by atoms with Gasteiger partial charge in [0.25, 0.3) is 5.56 Å². The summed E-state index contributed by atoms with van der Waals surface area (Å²) in [5.41, 5.74) is 2.26. The summed E-state index contributed by atoms with van der Waals surface area (Å²) in [6, 6.07) is 5.51. The third kappa shape index (κ3) is 3.52. The van der Waals surface area contributed by atoms with E-state index in [-0.39, 0.29) is 17.4 Å². The van der Waals surface area contributed by atoms with Gasteiger partial charge in [0.15, 0.2) is 5.65 Å². The summed E-state index contributed by atoms with van der Waals surface area (Å²) in [4.78, 5) is 32.8. The van der Waals surface area contributed by atoms with Crippen LogP contribution in [-0.4, -0.2) is 40.5 Å². The summed E-state index contributed by atoms with van der Waals surface area (Å²) in [5.74, 6) is 0.103. The predicted octanol–water partition coefficient (Wildman–Crippen LogP) is 3.52. The Morgan fingerprint density at radius 1 is 1.17 bits per heavy atom. The van der Waals surface area contributed by atoms with Crippen LogP contribution in [0.25, 0.3) is 27.8 Å². The van der Waals surface area contributed by atoms with Crippen molar-refractivity contribution in [2.24, 2.45) is 0 Å². The van der Waals surface area contributed by atoms with Gasteiger partial charge in [-0.05, 0) is 42.9 Å². The number of H-pyrrole nitrogens is 2. The molecule has 178 valence electrons. The summed E-state index contributed by atoms with van der Waals surface area (Å²) >= 11 is 0. The van der Waals surface area contributed by atoms with Gasteiger partial charge in [0.1, 0.15) is 6.04 Å². The van der Waals surface area contributed by atoms with E-state index in [1.165, 1.54) is 12.4 Å². The molecule has 0 radical (unpaired) electrons. The predicted molar refractivity (Wildman–Crippen MR) is 120 cm³/mol. The SMILES string of the molecule is CC(n1ncc2ccc([C@H]3C[C@@H]3c3cc(-c4c[nH]c(=O)[nH]c4=O)nn4ccnc34)cc21)C(F)(F)F. The van der Waals surface area contributed by atoms with Crippen molar-refractivity contribution in [2.75, 3.05) is 0 Å². The van der Waals surface area contributed by atoms with E-state index in [4.69, 9.17) is 0 Å². The number of benzene rings is 1. The van der Waals surface area contributed by atoms with Gasteiger partial charge >= 0.3 is 11.9 Å². The normalized spacial score (nSPS) is 18.9. The van der Waals surface area contributed by atoms with Gasteiger partial charge in [-0.2, -0.15) is 23.4 Å². The minimum Gasteiger partial charge on any atom is -0.313 e. The molecule has 1 unspecified atom stereocenters. The summed E-state index contributed by atoms with van der Waals surface area (Å²) < 4.78 is 42.6. The second-order valence-electron chi connectivity index (χ2n) is 8.74. The molecule has 12 heteroatoms. The monoisotopic (exact) mass is 481 g/mol. The highest BCUT2D eigenvalue weighted by atomic mass is 19.4. The number of alkyl halides is 3. The van der Waals surface area contributed by atoms with Gasteiger partial charge < -0.3 is 4.98 Å². The van der Waals surface area contributed by atoms with Crippen molar-refractivity contribution in [1.82, 2.24) is 34.3 Å².